The first-order chi connectivity index (χ1) is 11.3. The van der Waals surface area contributed by atoms with Crippen LogP contribution in [0.3, 0.4) is 0 Å². The van der Waals surface area contributed by atoms with Crippen LogP contribution in [-0.4, -0.2) is 23.1 Å². The van der Waals surface area contributed by atoms with E-state index in [0.29, 0.717) is 6.04 Å². The van der Waals surface area contributed by atoms with Gasteiger partial charge in [0.15, 0.2) is 0 Å². The lowest BCUT2D eigenvalue weighted by molar-refractivity contribution is 0.529. The maximum absolute atomic E-state index is 4.54. The van der Waals surface area contributed by atoms with E-state index in [1.165, 1.54) is 42.4 Å². The molecule has 1 N–H and O–H groups in total. The van der Waals surface area contributed by atoms with Crippen molar-refractivity contribution in [1.82, 2.24) is 15.3 Å². The van der Waals surface area contributed by atoms with Crippen molar-refractivity contribution >= 4 is 18.4 Å². The van der Waals surface area contributed by atoms with E-state index in [1.54, 1.807) is 0 Å². The monoisotopic (exact) mass is 344 g/mol. The lowest BCUT2D eigenvalue weighted by atomic mass is 10.1. The molecule has 5 heteroatoms. The zero-order chi connectivity index (χ0) is 15.6. The largest absolute Gasteiger partial charge is 0.341 e. The van der Waals surface area contributed by atoms with Crippen molar-refractivity contribution in [2.45, 2.75) is 45.2 Å². The van der Waals surface area contributed by atoms with Gasteiger partial charge in [-0.25, -0.2) is 9.97 Å². The van der Waals surface area contributed by atoms with Crippen LogP contribution in [0.2, 0.25) is 0 Å². The summed E-state index contributed by atoms with van der Waals surface area (Å²) in [4.78, 5) is 11.3. The molecule has 1 unspecified atom stereocenters. The molecule has 1 aliphatic heterocycles. The van der Waals surface area contributed by atoms with Crippen LogP contribution in [-0.2, 0) is 13.0 Å². The Hall–Kier alpha value is -1.65. The predicted octanol–water partition coefficient (Wildman–Crippen LogP) is 3.58. The van der Waals surface area contributed by atoms with Gasteiger partial charge in [-0.1, -0.05) is 23.8 Å². The van der Waals surface area contributed by atoms with Crippen LogP contribution >= 0.6 is 12.4 Å². The van der Waals surface area contributed by atoms with Crippen molar-refractivity contribution in [3.05, 3.63) is 52.8 Å². The average molecular weight is 345 g/mol. The van der Waals surface area contributed by atoms with Crippen LogP contribution in [0.5, 0.6) is 0 Å². The summed E-state index contributed by atoms with van der Waals surface area (Å²) in [6.07, 6.45) is 8.82. The Bertz CT molecular complexity index is 680. The summed E-state index contributed by atoms with van der Waals surface area (Å²) >= 11 is 0. The quantitative estimate of drug-likeness (QED) is 0.920. The molecule has 4 rings (SSSR count). The average Bonchev–Trinajstić information content (AvgIpc) is 3.23. The molecule has 2 heterocycles. The number of hydrogen-bond donors (Lipinski definition) is 1. The molecule has 0 saturated carbocycles. The maximum Gasteiger partial charge on any atom is 0.225 e. The van der Waals surface area contributed by atoms with Crippen molar-refractivity contribution < 1.29 is 0 Å². The van der Waals surface area contributed by atoms with Crippen LogP contribution in [0.25, 0.3) is 0 Å². The van der Waals surface area contributed by atoms with E-state index in [9.17, 15) is 0 Å². The molecule has 1 aromatic carbocycles. The first-order valence-corrected chi connectivity index (χ1v) is 8.68. The lowest BCUT2D eigenvalue weighted by Crippen LogP contribution is -2.21. The highest BCUT2D eigenvalue weighted by atomic mass is 35.5. The van der Waals surface area contributed by atoms with Gasteiger partial charge < -0.3 is 10.2 Å². The molecular weight excluding hydrogens is 320 g/mol. The van der Waals surface area contributed by atoms with Gasteiger partial charge in [0.2, 0.25) is 5.95 Å². The molecule has 24 heavy (non-hydrogen) atoms. The zero-order valence-corrected chi connectivity index (χ0v) is 15.0. The maximum atomic E-state index is 4.54. The molecule has 1 fully saturated rings. The normalized spacial score (nSPS) is 19.2. The third-order valence-corrected chi connectivity index (χ3v) is 5.01. The molecular formula is C19H25ClN4. The van der Waals surface area contributed by atoms with Crippen LogP contribution in [0, 0.1) is 6.92 Å². The Balaban J connectivity index is 0.00000169. The number of aromatic nitrogens is 2. The van der Waals surface area contributed by atoms with Gasteiger partial charge in [-0.3, -0.25) is 0 Å². The molecule has 1 aromatic heterocycles. The summed E-state index contributed by atoms with van der Waals surface area (Å²) in [6.45, 7) is 5.18. The summed E-state index contributed by atoms with van der Waals surface area (Å²) in [5.74, 6) is 0.882. The molecule has 2 aliphatic rings. The second-order valence-electron chi connectivity index (χ2n) is 6.76. The van der Waals surface area contributed by atoms with E-state index in [0.717, 1.165) is 31.1 Å². The number of nitrogens with zero attached hydrogens (tertiary/aromatic N) is 3. The number of fused-ring (bicyclic) bond motifs is 1. The van der Waals surface area contributed by atoms with Crippen molar-refractivity contribution in [2.75, 3.05) is 18.0 Å². The fourth-order valence-electron chi connectivity index (χ4n) is 3.72. The first-order valence-electron chi connectivity index (χ1n) is 8.68. The van der Waals surface area contributed by atoms with E-state index in [2.05, 4.69) is 45.3 Å². The third-order valence-electron chi connectivity index (χ3n) is 5.01. The Morgan fingerprint density at radius 2 is 1.92 bits per heavy atom. The lowest BCUT2D eigenvalue weighted by Gasteiger charge is -2.16. The van der Waals surface area contributed by atoms with Gasteiger partial charge in [0.05, 0.1) is 0 Å². The molecule has 1 atom stereocenters. The molecule has 4 nitrogen and oxygen atoms in total. The molecule has 128 valence electrons. The number of aryl methyl sites for hydroxylation is 2. The molecule has 0 amide bonds. The van der Waals surface area contributed by atoms with Gasteiger partial charge in [0.25, 0.3) is 0 Å². The molecule has 1 saturated heterocycles. The third kappa shape index (κ3) is 3.55. The van der Waals surface area contributed by atoms with E-state index < -0.39 is 0 Å². The number of anilines is 1. The van der Waals surface area contributed by atoms with Crippen molar-refractivity contribution in [3.8, 4) is 0 Å². The molecule has 0 bridgehead atoms. The molecule has 0 radical (unpaired) electrons. The van der Waals surface area contributed by atoms with Crippen molar-refractivity contribution in [2.24, 2.45) is 0 Å². The van der Waals surface area contributed by atoms with E-state index in [-0.39, 0.29) is 12.4 Å². The van der Waals surface area contributed by atoms with Gasteiger partial charge in [-0.15, -0.1) is 12.4 Å². The Morgan fingerprint density at radius 3 is 2.67 bits per heavy atom. The Kier molecular flexibility index (Phi) is 5.36. The highest BCUT2D eigenvalue weighted by Crippen LogP contribution is 2.31. The van der Waals surface area contributed by atoms with Crippen LogP contribution in [0.4, 0.5) is 5.95 Å². The minimum atomic E-state index is 0. The van der Waals surface area contributed by atoms with E-state index in [4.69, 9.17) is 0 Å². The van der Waals surface area contributed by atoms with Gasteiger partial charge in [0, 0.05) is 43.6 Å². The van der Waals surface area contributed by atoms with Gasteiger partial charge in [-0.05, 0) is 43.7 Å². The van der Waals surface area contributed by atoms with Crippen LogP contribution in [0.15, 0.2) is 30.6 Å². The smallest absolute Gasteiger partial charge is 0.225 e. The second kappa shape index (κ2) is 7.49. The van der Waals surface area contributed by atoms with Gasteiger partial charge in [0.1, 0.15) is 0 Å². The number of benzene rings is 1. The Morgan fingerprint density at radius 1 is 1.17 bits per heavy atom. The summed E-state index contributed by atoms with van der Waals surface area (Å²) in [5, 5.41) is 3.67. The highest BCUT2D eigenvalue weighted by molar-refractivity contribution is 5.85. The SMILES string of the molecule is Cc1ccc2c(c1)CCC2NCc1cnc(N2CCCC2)nc1.Cl. The first kappa shape index (κ1) is 17.2. The fourth-order valence-corrected chi connectivity index (χ4v) is 3.72. The molecule has 0 spiro atoms. The minimum Gasteiger partial charge on any atom is -0.341 e. The molecule has 2 aromatic rings. The molecule has 1 aliphatic carbocycles. The topological polar surface area (TPSA) is 41.1 Å². The van der Waals surface area contributed by atoms with Crippen LogP contribution in [0.1, 0.15) is 47.6 Å². The number of hydrogen-bond acceptors (Lipinski definition) is 4. The van der Waals surface area contributed by atoms with Crippen LogP contribution < -0.4 is 10.2 Å². The summed E-state index contributed by atoms with van der Waals surface area (Å²) in [6, 6.07) is 7.28. The van der Waals surface area contributed by atoms with E-state index in [1.807, 2.05) is 12.4 Å². The van der Waals surface area contributed by atoms with E-state index >= 15 is 0 Å². The summed E-state index contributed by atoms with van der Waals surface area (Å²) in [5.41, 5.74) is 5.48. The second-order valence-corrected chi connectivity index (χ2v) is 6.76. The van der Waals surface area contributed by atoms with Crippen molar-refractivity contribution in [1.29, 1.82) is 0 Å². The Labute approximate surface area is 150 Å². The standard InChI is InChI=1S/C19H24N4.ClH/c1-14-4-6-17-16(10-14)5-7-18(17)20-11-15-12-21-19(22-13-15)23-8-2-3-9-23;/h4,6,10,12-13,18,20H,2-3,5,7-9,11H2,1H3;1H. The highest BCUT2D eigenvalue weighted by Gasteiger charge is 2.21. The fraction of sp³-hybridized carbons (Fsp3) is 0.474. The summed E-state index contributed by atoms with van der Waals surface area (Å²) in [7, 11) is 0. The number of nitrogens with one attached hydrogen (secondary N) is 1. The number of rotatable bonds is 4. The van der Waals surface area contributed by atoms with Gasteiger partial charge in [-0.2, -0.15) is 0 Å². The zero-order valence-electron chi connectivity index (χ0n) is 14.2. The van der Waals surface area contributed by atoms with Gasteiger partial charge >= 0.3 is 0 Å². The minimum absolute atomic E-state index is 0. The summed E-state index contributed by atoms with van der Waals surface area (Å²) < 4.78 is 0. The van der Waals surface area contributed by atoms with Crippen molar-refractivity contribution in [3.63, 3.8) is 0 Å². The number of halogens is 1. The predicted molar refractivity (Wildman–Crippen MR) is 99.8 cm³/mol.